The van der Waals surface area contributed by atoms with Crippen molar-refractivity contribution in [1.82, 2.24) is 5.32 Å². The molecule has 4 rings (SSSR count). The van der Waals surface area contributed by atoms with Crippen molar-refractivity contribution in [3.8, 4) is 5.75 Å². The summed E-state index contributed by atoms with van der Waals surface area (Å²) in [4.78, 5) is 28.7. The summed E-state index contributed by atoms with van der Waals surface area (Å²) in [7, 11) is 1.54. The molecule has 6 nitrogen and oxygen atoms in total. The first-order valence-electron chi connectivity index (χ1n) is 9.58. The summed E-state index contributed by atoms with van der Waals surface area (Å²) in [6, 6.07) is 11.4. The molecule has 0 bridgehead atoms. The average molecular weight is 425 g/mol. The van der Waals surface area contributed by atoms with Gasteiger partial charge in [-0.25, -0.2) is 4.39 Å². The Balaban J connectivity index is 1.64. The third-order valence-corrected chi connectivity index (χ3v) is 5.45. The molecule has 0 spiro atoms. The molecule has 30 heavy (non-hydrogen) atoms. The van der Waals surface area contributed by atoms with Gasteiger partial charge in [0.1, 0.15) is 17.1 Å². The van der Waals surface area contributed by atoms with Gasteiger partial charge in [-0.15, -0.1) is 0 Å². The standard InChI is InChI=1S/C22H20FN3O3S/c1-29-16-7-5-15(6-8-16)26-21(28)17(20(27)24-22(26)30)12-14-4-9-19(18(23)13-14)25-10-2-3-11-25/h4-9,12-13H,2-3,10-11H2,1H3,(H,24,27,30)/b17-12+. The molecule has 2 saturated heterocycles. The second-order valence-electron chi connectivity index (χ2n) is 7.06. The van der Waals surface area contributed by atoms with E-state index < -0.39 is 11.8 Å². The quantitative estimate of drug-likeness (QED) is 0.463. The van der Waals surface area contributed by atoms with E-state index in [1.807, 2.05) is 4.90 Å². The van der Waals surface area contributed by atoms with E-state index in [4.69, 9.17) is 17.0 Å². The summed E-state index contributed by atoms with van der Waals surface area (Å²) in [5.74, 6) is -0.934. The van der Waals surface area contributed by atoms with E-state index in [1.165, 1.54) is 17.0 Å². The van der Waals surface area contributed by atoms with Crippen molar-refractivity contribution in [2.45, 2.75) is 12.8 Å². The number of carbonyl (C=O) groups excluding carboxylic acids is 2. The van der Waals surface area contributed by atoms with Crippen molar-refractivity contribution >= 4 is 46.6 Å². The van der Waals surface area contributed by atoms with Crippen molar-refractivity contribution in [2.75, 3.05) is 30.0 Å². The van der Waals surface area contributed by atoms with Gasteiger partial charge in [0.25, 0.3) is 11.8 Å². The lowest BCUT2D eigenvalue weighted by Crippen LogP contribution is -2.54. The maximum atomic E-state index is 14.6. The van der Waals surface area contributed by atoms with Gasteiger partial charge >= 0.3 is 0 Å². The van der Waals surface area contributed by atoms with Crippen LogP contribution in [0.1, 0.15) is 18.4 Å². The van der Waals surface area contributed by atoms with Crippen LogP contribution in [0.5, 0.6) is 5.75 Å². The zero-order valence-corrected chi connectivity index (χ0v) is 17.2. The predicted octanol–water partition coefficient (Wildman–Crippen LogP) is 3.27. The van der Waals surface area contributed by atoms with Gasteiger partial charge in [-0.05, 0) is 73.1 Å². The van der Waals surface area contributed by atoms with E-state index in [-0.39, 0.29) is 16.5 Å². The second-order valence-corrected chi connectivity index (χ2v) is 7.45. The van der Waals surface area contributed by atoms with Crippen LogP contribution in [0.15, 0.2) is 48.0 Å². The van der Waals surface area contributed by atoms with Crippen LogP contribution < -0.4 is 19.9 Å². The Morgan fingerprint density at radius 2 is 1.80 bits per heavy atom. The van der Waals surface area contributed by atoms with Gasteiger partial charge in [-0.1, -0.05) is 6.07 Å². The summed E-state index contributed by atoms with van der Waals surface area (Å²) < 4.78 is 19.8. The molecule has 2 aromatic rings. The minimum absolute atomic E-state index is 0.0112. The molecular formula is C22H20FN3O3S. The smallest absolute Gasteiger partial charge is 0.270 e. The Kier molecular flexibility index (Phi) is 5.50. The van der Waals surface area contributed by atoms with Crippen molar-refractivity contribution in [3.05, 3.63) is 59.4 Å². The minimum atomic E-state index is -0.612. The molecule has 2 aliphatic heterocycles. The lowest BCUT2D eigenvalue weighted by Gasteiger charge is -2.29. The Labute approximate surface area is 178 Å². The molecule has 0 unspecified atom stereocenters. The molecule has 2 fully saturated rings. The lowest BCUT2D eigenvalue weighted by atomic mass is 10.1. The van der Waals surface area contributed by atoms with Crippen LogP contribution in [0.2, 0.25) is 0 Å². The number of thiocarbonyl (C=S) groups is 1. The highest BCUT2D eigenvalue weighted by molar-refractivity contribution is 7.80. The third kappa shape index (κ3) is 3.78. The van der Waals surface area contributed by atoms with Crippen LogP contribution >= 0.6 is 12.2 Å². The molecule has 0 aliphatic carbocycles. The van der Waals surface area contributed by atoms with Gasteiger partial charge in [0.05, 0.1) is 18.5 Å². The fraction of sp³-hybridized carbons (Fsp3) is 0.227. The van der Waals surface area contributed by atoms with Crippen molar-refractivity contribution in [2.24, 2.45) is 0 Å². The van der Waals surface area contributed by atoms with Crippen LogP contribution in [-0.2, 0) is 9.59 Å². The fourth-order valence-electron chi connectivity index (χ4n) is 3.62. The van der Waals surface area contributed by atoms with E-state index in [1.54, 1.807) is 43.5 Å². The molecule has 2 aliphatic rings. The summed E-state index contributed by atoms with van der Waals surface area (Å²) >= 11 is 5.19. The molecule has 0 radical (unpaired) electrons. The topological polar surface area (TPSA) is 61.9 Å². The summed E-state index contributed by atoms with van der Waals surface area (Å²) in [6.45, 7) is 1.65. The first-order chi connectivity index (χ1) is 14.5. The first kappa shape index (κ1) is 20.0. The van der Waals surface area contributed by atoms with Crippen LogP contribution in [-0.4, -0.2) is 37.1 Å². The number of hydrogen-bond donors (Lipinski definition) is 1. The van der Waals surface area contributed by atoms with Crippen LogP contribution in [0.3, 0.4) is 0 Å². The molecule has 2 amide bonds. The molecule has 1 N–H and O–H groups in total. The normalized spacial score (nSPS) is 18.2. The van der Waals surface area contributed by atoms with Crippen molar-refractivity contribution in [1.29, 1.82) is 0 Å². The first-order valence-corrected chi connectivity index (χ1v) is 9.99. The Morgan fingerprint density at radius 1 is 1.10 bits per heavy atom. The maximum absolute atomic E-state index is 14.6. The number of halogens is 1. The molecular weight excluding hydrogens is 405 g/mol. The highest BCUT2D eigenvalue weighted by Gasteiger charge is 2.34. The van der Waals surface area contributed by atoms with Crippen molar-refractivity contribution < 1.29 is 18.7 Å². The summed E-state index contributed by atoms with van der Waals surface area (Å²) in [5, 5.41) is 2.51. The lowest BCUT2D eigenvalue weighted by molar-refractivity contribution is -0.122. The fourth-order valence-corrected chi connectivity index (χ4v) is 3.90. The second kappa shape index (κ2) is 8.23. The summed E-state index contributed by atoms with van der Waals surface area (Å²) in [6.07, 6.45) is 3.47. The van der Waals surface area contributed by atoms with Crippen LogP contribution in [0, 0.1) is 5.82 Å². The minimum Gasteiger partial charge on any atom is -0.497 e. The molecule has 0 atom stereocenters. The SMILES string of the molecule is COc1ccc(N2C(=O)/C(=C/c3ccc(N4CCCC4)c(F)c3)C(=O)NC2=S)cc1. The predicted molar refractivity (Wildman–Crippen MR) is 117 cm³/mol. The highest BCUT2D eigenvalue weighted by atomic mass is 32.1. The number of nitrogens with zero attached hydrogens (tertiary/aromatic N) is 2. The number of benzene rings is 2. The van der Waals surface area contributed by atoms with Gasteiger partial charge < -0.3 is 9.64 Å². The van der Waals surface area contributed by atoms with Crippen LogP contribution in [0.25, 0.3) is 6.08 Å². The molecule has 2 heterocycles. The van der Waals surface area contributed by atoms with E-state index >= 15 is 0 Å². The van der Waals surface area contributed by atoms with Gasteiger partial charge in [-0.3, -0.25) is 19.8 Å². The molecule has 0 aromatic heterocycles. The number of ether oxygens (including phenoxy) is 1. The third-order valence-electron chi connectivity index (χ3n) is 5.16. The van der Waals surface area contributed by atoms with Crippen LogP contribution in [0.4, 0.5) is 15.8 Å². The largest absolute Gasteiger partial charge is 0.497 e. The van der Waals surface area contributed by atoms with E-state index in [0.29, 0.717) is 22.7 Å². The highest BCUT2D eigenvalue weighted by Crippen LogP contribution is 2.27. The Bertz CT molecular complexity index is 1050. The van der Waals surface area contributed by atoms with E-state index in [2.05, 4.69) is 5.32 Å². The van der Waals surface area contributed by atoms with Gasteiger partial charge in [-0.2, -0.15) is 0 Å². The van der Waals surface area contributed by atoms with E-state index in [9.17, 15) is 14.0 Å². The maximum Gasteiger partial charge on any atom is 0.270 e. The van der Waals surface area contributed by atoms with Crippen molar-refractivity contribution in [3.63, 3.8) is 0 Å². The number of rotatable bonds is 4. The number of methoxy groups -OCH3 is 1. The molecule has 8 heteroatoms. The summed E-state index contributed by atoms with van der Waals surface area (Å²) in [5.41, 5.74) is 1.34. The Morgan fingerprint density at radius 3 is 2.43 bits per heavy atom. The van der Waals surface area contributed by atoms with Gasteiger partial charge in [0.2, 0.25) is 0 Å². The number of anilines is 2. The number of hydrogen-bond acceptors (Lipinski definition) is 5. The van der Waals surface area contributed by atoms with E-state index in [0.717, 1.165) is 25.9 Å². The molecule has 2 aromatic carbocycles. The van der Waals surface area contributed by atoms with Gasteiger partial charge in [0, 0.05) is 13.1 Å². The molecule has 154 valence electrons. The number of nitrogens with one attached hydrogen (secondary N) is 1. The monoisotopic (exact) mass is 425 g/mol. The number of carbonyl (C=O) groups is 2. The van der Waals surface area contributed by atoms with Gasteiger partial charge in [0.15, 0.2) is 5.11 Å². The molecule has 0 saturated carbocycles. The number of amides is 2. The average Bonchev–Trinajstić information content (AvgIpc) is 3.26. The Hall–Kier alpha value is -3.26. The zero-order valence-electron chi connectivity index (χ0n) is 16.4. The zero-order chi connectivity index (χ0) is 21.3.